The molecule has 0 aromatic carbocycles. The van der Waals surface area contributed by atoms with Crippen molar-refractivity contribution in [3.8, 4) is 5.75 Å². The smallest absolute Gasteiger partial charge is 0.419 e. The Kier molecular flexibility index (Phi) is 4.85. The molecule has 0 saturated carbocycles. The maximum atomic E-state index is 12.5. The molecule has 3 rings (SSSR count). The van der Waals surface area contributed by atoms with E-state index in [1.807, 2.05) is 0 Å². The van der Waals surface area contributed by atoms with Crippen molar-refractivity contribution in [2.75, 3.05) is 18.0 Å². The molecule has 3 heterocycles. The van der Waals surface area contributed by atoms with Gasteiger partial charge in [-0.1, -0.05) is 11.6 Å². The van der Waals surface area contributed by atoms with Gasteiger partial charge in [0.2, 0.25) is 5.95 Å². The lowest BCUT2D eigenvalue weighted by molar-refractivity contribution is -0.138. The van der Waals surface area contributed by atoms with E-state index in [-0.39, 0.29) is 17.6 Å². The summed E-state index contributed by atoms with van der Waals surface area (Å²) in [4.78, 5) is 23.1. The predicted molar refractivity (Wildman–Crippen MR) is 85.0 cm³/mol. The number of alkyl halides is 3. The molecule has 0 atom stereocenters. The van der Waals surface area contributed by atoms with Crippen LogP contribution in [0.4, 0.5) is 19.1 Å². The van der Waals surface area contributed by atoms with Crippen LogP contribution in [-0.2, 0) is 6.18 Å². The van der Waals surface area contributed by atoms with Gasteiger partial charge >= 0.3 is 6.18 Å². The molecule has 1 aliphatic heterocycles. The SMILES string of the molecule is O=c1cc(OC2CCN(c3ncc(C(F)(F)F)cn3)CC2)c(Cl)c[nH]1. The second-order valence-corrected chi connectivity index (χ2v) is 5.99. The molecule has 1 saturated heterocycles. The second-order valence-electron chi connectivity index (χ2n) is 5.58. The lowest BCUT2D eigenvalue weighted by Crippen LogP contribution is -2.39. The van der Waals surface area contributed by atoms with E-state index in [4.69, 9.17) is 16.3 Å². The summed E-state index contributed by atoms with van der Waals surface area (Å²) in [5, 5.41) is 0.313. The van der Waals surface area contributed by atoms with E-state index < -0.39 is 11.7 Å². The minimum absolute atomic E-state index is 0.148. The molecule has 0 spiro atoms. The summed E-state index contributed by atoms with van der Waals surface area (Å²) in [6, 6.07) is 1.29. The largest absolute Gasteiger partial charge is 0.488 e. The van der Waals surface area contributed by atoms with Gasteiger partial charge in [-0.05, 0) is 0 Å². The van der Waals surface area contributed by atoms with Crippen molar-refractivity contribution >= 4 is 17.5 Å². The molecule has 2 aromatic rings. The zero-order valence-electron chi connectivity index (χ0n) is 12.9. The summed E-state index contributed by atoms with van der Waals surface area (Å²) < 4.78 is 43.4. The van der Waals surface area contributed by atoms with Gasteiger partial charge in [-0.15, -0.1) is 0 Å². The van der Waals surface area contributed by atoms with Gasteiger partial charge in [0.25, 0.3) is 5.56 Å². The first-order valence-corrected chi connectivity index (χ1v) is 7.90. The molecule has 0 unspecified atom stereocenters. The molecular weight excluding hydrogens is 361 g/mol. The Labute approximate surface area is 145 Å². The lowest BCUT2D eigenvalue weighted by Gasteiger charge is -2.32. The van der Waals surface area contributed by atoms with Crippen molar-refractivity contribution < 1.29 is 17.9 Å². The minimum Gasteiger partial charge on any atom is -0.488 e. The third-order valence-electron chi connectivity index (χ3n) is 3.82. The Bertz CT molecular complexity index is 787. The number of ether oxygens (including phenoxy) is 1. The van der Waals surface area contributed by atoms with Crippen molar-refractivity contribution in [1.82, 2.24) is 15.0 Å². The molecule has 6 nitrogen and oxygen atoms in total. The van der Waals surface area contributed by atoms with E-state index in [1.54, 1.807) is 4.90 Å². The molecule has 2 aromatic heterocycles. The number of hydrogen-bond donors (Lipinski definition) is 1. The second kappa shape index (κ2) is 6.91. The fourth-order valence-electron chi connectivity index (χ4n) is 2.51. The molecule has 0 aliphatic carbocycles. The summed E-state index contributed by atoms with van der Waals surface area (Å²) in [5.74, 6) is 0.565. The summed E-state index contributed by atoms with van der Waals surface area (Å²) in [7, 11) is 0. The Hall–Kier alpha value is -2.29. The van der Waals surface area contributed by atoms with Crippen molar-refractivity contribution in [2.24, 2.45) is 0 Å². The van der Waals surface area contributed by atoms with Gasteiger partial charge in [-0.25, -0.2) is 9.97 Å². The third-order valence-corrected chi connectivity index (χ3v) is 4.12. The highest BCUT2D eigenvalue weighted by molar-refractivity contribution is 6.31. The van der Waals surface area contributed by atoms with Crippen LogP contribution in [-0.4, -0.2) is 34.1 Å². The van der Waals surface area contributed by atoms with E-state index in [0.29, 0.717) is 36.7 Å². The molecule has 1 aliphatic rings. The zero-order valence-corrected chi connectivity index (χ0v) is 13.6. The number of hydrogen-bond acceptors (Lipinski definition) is 5. The fraction of sp³-hybridized carbons (Fsp3) is 0.400. The Balaban J connectivity index is 1.60. The van der Waals surface area contributed by atoms with Crippen LogP contribution in [0.1, 0.15) is 18.4 Å². The van der Waals surface area contributed by atoms with Gasteiger partial charge in [-0.3, -0.25) is 4.79 Å². The zero-order chi connectivity index (χ0) is 18.0. The maximum Gasteiger partial charge on any atom is 0.419 e. The van der Waals surface area contributed by atoms with Crippen LogP contribution >= 0.6 is 11.6 Å². The number of nitrogens with zero attached hydrogens (tertiary/aromatic N) is 3. The number of aromatic amines is 1. The van der Waals surface area contributed by atoms with Gasteiger partial charge < -0.3 is 14.6 Å². The highest BCUT2D eigenvalue weighted by Gasteiger charge is 2.32. The van der Waals surface area contributed by atoms with Crippen LogP contribution in [0.2, 0.25) is 5.02 Å². The number of H-pyrrole nitrogens is 1. The number of rotatable bonds is 3. The first-order valence-electron chi connectivity index (χ1n) is 7.52. The molecule has 0 amide bonds. The minimum atomic E-state index is -4.45. The molecule has 25 heavy (non-hydrogen) atoms. The van der Waals surface area contributed by atoms with Crippen LogP contribution in [0.15, 0.2) is 29.5 Å². The average Bonchev–Trinajstić information content (AvgIpc) is 2.58. The van der Waals surface area contributed by atoms with Gasteiger partial charge in [0.1, 0.15) is 11.9 Å². The highest BCUT2D eigenvalue weighted by Crippen LogP contribution is 2.29. The topological polar surface area (TPSA) is 71.1 Å². The first-order chi connectivity index (χ1) is 11.8. The van der Waals surface area contributed by atoms with Gasteiger partial charge in [0, 0.05) is 50.6 Å². The Morgan fingerprint density at radius 2 is 1.88 bits per heavy atom. The molecule has 0 bridgehead atoms. The summed E-state index contributed by atoms with van der Waals surface area (Å²) in [6.07, 6.45) is -0.468. The van der Waals surface area contributed by atoms with Crippen molar-refractivity contribution in [3.05, 3.63) is 45.6 Å². The van der Waals surface area contributed by atoms with Gasteiger partial charge in [0.05, 0.1) is 10.6 Å². The summed E-state index contributed by atoms with van der Waals surface area (Å²) in [5.41, 5.74) is -1.19. The van der Waals surface area contributed by atoms with Gasteiger partial charge in [0.15, 0.2) is 0 Å². The molecule has 0 radical (unpaired) electrons. The van der Waals surface area contributed by atoms with Crippen LogP contribution in [0, 0.1) is 0 Å². The monoisotopic (exact) mass is 374 g/mol. The van der Waals surface area contributed by atoms with Gasteiger partial charge in [-0.2, -0.15) is 13.2 Å². The molecule has 1 fully saturated rings. The van der Waals surface area contributed by atoms with E-state index in [9.17, 15) is 18.0 Å². The van der Waals surface area contributed by atoms with Crippen molar-refractivity contribution in [2.45, 2.75) is 25.1 Å². The number of pyridine rings is 1. The van der Waals surface area contributed by atoms with Crippen molar-refractivity contribution in [3.63, 3.8) is 0 Å². The van der Waals surface area contributed by atoms with Crippen LogP contribution in [0.25, 0.3) is 0 Å². The van der Waals surface area contributed by atoms with E-state index >= 15 is 0 Å². The maximum absolute atomic E-state index is 12.5. The first kappa shape index (κ1) is 17.5. The third kappa shape index (κ3) is 4.22. The normalized spacial score (nSPS) is 16.1. The number of piperidine rings is 1. The predicted octanol–water partition coefficient (Wildman–Crippen LogP) is 2.88. The fourth-order valence-corrected chi connectivity index (χ4v) is 2.66. The Morgan fingerprint density at radius 3 is 2.48 bits per heavy atom. The van der Waals surface area contributed by atoms with E-state index in [0.717, 1.165) is 12.4 Å². The number of aromatic nitrogens is 3. The van der Waals surface area contributed by atoms with E-state index in [1.165, 1.54) is 12.3 Å². The van der Waals surface area contributed by atoms with Crippen LogP contribution < -0.4 is 15.2 Å². The number of nitrogens with one attached hydrogen (secondary N) is 1. The highest BCUT2D eigenvalue weighted by atomic mass is 35.5. The van der Waals surface area contributed by atoms with E-state index in [2.05, 4.69) is 15.0 Å². The number of anilines is 1. The van der Waals surface area contributed by atoms with Crippen molar-refractivity contribution in [1.29, 1.82) is 0 Å². The number of halogens is 4. The van der Waals surface area contributed by atoms with Crippen LogP contribution in [0.3, 0.4) is 0 Å². The van der Waals surface area contributed by atoms with Crippen LogP contribution in [0.5, 0.6) is 5.75 Å². The molecule has 134 valence electrons. The molecule has 10 heteroatoms. The average molecular weight is 375 g/mol. The summed E-state index contributed by atoms with van der Waals surface area (Å²) in [6.45, 7) is 1.05. The standard InChI is InChI=1S/C15H14ClF3N4O2/c16-11-8-20-13(24)5-12(11)25-10-1-3-23(4-2-10)14-21-6-9(7-22-14)15(17,18)19/h5-8,10H,1-4H2,(H,20,24). The lowest BCUT2D eigenvalue weighted by atomic mass is 10.1. The molecule has 1 N–H and O–H groups in total. The quantitative estimate of drug-likeness (QED) is 0.894. The molecular formula is C15H14ClF3N4O2. The Morgan fingerprint density at radius 1 is 1.24 bits per heavy atom. The summed E-state index contributed by atoms with van der Waals surface area (Å²) >= 11 is 5.97.